The molecule has 0 N–H and O–H groups in total. The fourth-order valence-corrected chi connectivity index (χ4v) is 1.66. The van der Waals surface area contributed by atoms with Crippen LogP contribution in [-0.2, 0) is 6.42 Å². The summed E-state index contributed by atoms with van der Waals surface area (Å²) in [6.45, 7) is 6.68. The van der Waals surface area contributed by atoms with Crippen molar-refractivity contribution in [1.29, 1.82) is 0 Å². The van der Waals surface area contributed by atoms with Gasteiger partial charge in [-0.3, -0.25) is 0 Å². The van der Waals surface area contributed by atoms with Gasteiger partial charge in [-0.2, -0.15) is 0 Å². The van der Waals surface area contributed by atoms with Gasteiger partial charge in [0.05, 0.1) is 0 Å². The van der Waals surface area contributed by atoms with E-state index in [4.69, 9.17) is 0 Å². The molecule has 1 rings (SSSR count). The molecule has 14 heavy (non-hydrogen) atoms. The van der Waals surface area contributed by atoms with Gasteiger partial charge in [0.1, 0.15) is 0 Å². The van der Waals surface area contributed by atoms with E-state index in [0.717, 1.165) is 6.42 Å². The monoisotopic (exact) mass is 191 g/mol. The van der Waals surface area contributed by atoms with Crippen LogP contribution in [0.15, 0.2) is 18.2 Å². The zero-order valence-electron chi connectivity index (χ0n) is 9.96. The highest BCUT2D eigenvalue weighted by Crippen LogP contribution is 2.24. The summed E-state index contributed by atoms with van der Waals surface area (Å²) >= 11 is 0. The summed E-state index contributed by atoms with van der Waals surface area (Å²) in [6.07, 6.45) is 1.10. The lowest BCUT2D eigenvalue weighted by molar-refractivity contribution is 0.863. The van der Waals surface area contributed by atoms with Gasteiger partial charge in [0.15, 0.2) is 0 Å². The average Bonchev–Trinajstić information content (AvgIpc) is 2.16. The van der Waals surface area contributed by atoms with Gasteiger partial charge in [-0.05, 0) is 29.5 Å². The Bertz CT molecular complexity index is 300. The predicted octanol–water partition coefficient (Wildman–Crippen LogP) is 3.44. The van der Waals surface area contributed by atoms with Crippen molar-refractivity contribution in [3.05, 3.63) is 29.3 Å². The Labute approximate surface area is 87.7 Å². The number of anilines is 1. The number of hydrogen-bond acceptors (Lipinski definition) is 1. The minimum absolute atomic E-state index is 0.611. The zero-order valence-corrected chi connectivity index (χ0v) is 9.96. The van der Waals surface area contributed by atoms with Gasteiger partial charge >= 0.3 is 0 Å². The van der Waals surface area contributed by atoms with Crippen LogP contribution >= 0.6 is 0 Å². The first-order valence-electron chi connectivity index (χ1n) is 5.36. The normalized spacial score (nSPS) is 10.7. The Balaban J connectivity index is 3.14. The number of benzene rings is 1. The SMILES string of the molecule is CCc1ccc(C(C)C)cc1N(C)C. The molecule has 0 amide bonds. The fraction of sp³-hybridized carbons (Fsp3) is 0.538. The largest absolute Gasteiger partial charge is 0.377 e. The molecule has 78 valence electrons. The van der Waals surface area contributed by atoms with Crippen LogP contribution in [0.3, 0.4) is 0 Å². The van der Waals surface area contributed by atoms with Crippen LogP contribution in [0.1, 0.15) is 37.8 Å². The summed E-state index contributed by atoms with van der Waals surface area (Å²) in [6, 6.07) is 6.81. The van der Waals surface area contributed by atoms with E-state index in [9.17, 15) is 0 Å². The maximum atomic E-state index is 2.31. The lowest BCUT2D eigenvalue weighted by Gasteiger charge is -2.19. The smallest absolute Gasteiger partial charge is 0.0396 e. The summed E-state index contributed by atoms with van der Waals surface area (Å²) in [4.78, 5) is 2.20. The van der Waals surface area contributed by atoms with Crippen molar-refractivity contribution in [3.8, 4) is 0 Å². The quantitative estimate of drug-likeness (QED) is 0.707. The summed E-state index contributed by atoms with van der Waals surface area (Å²) in [5.41, 5.74) is 4.21. The van der Waals surface area contributed by atoms with Crippen molar-refractivity contribution in [2.75, 3.05) is 19.0 Å². The van der Waals surface area contributed by atoms with Crippen LogP contribution in [0.25, 0.3) is 0 Å². The maximum absolute atomic E-state index is 2.31. The first-order valence-corrected chi connectivity index (χ1v) is 5.36. The van der Waals surface area contributed by atoms with Crippen molar-refractivity contribution >= 4 is 5.69 Å². The lowest BCUT2D eigenvalue weighted by Crippen LogP contribution is -2.11. The molecule has 0 aliphatic heterocycles. The van der Waals surface area contributed by atoms with Gasteiger partial charge in [0.25, 0.3) is 0 Å². The molecule has 0 bridgehead atoms. The Morgan fingerprint density at radius 1 is 1.21 bits per heavy atom. The van der Waals surface area contributed by atoms with E-state index in [2.05, 4.69) is 58.0 Å². The van der Waals surface area contributed by atoms with E-state index in [1.54, 1.807) is 0 Å². The highest BCUT2D eigenvalue weighted by atomic mass is 15.1. The number of nitrogens with zero attached hydrogens (tertiary/aromatic N) is 1. The highest BCUT2D eigenvalue weighted by molar-refractivity contribution is 5.55. The molecule has 0 saturated heterocycles. The Morgan fingerprint density at radius 2 is 1.86 bits per heavy atom. The molecule has 0 aliphatic carbocycles. The Kier molecular flexibility index (Phi) is 3.56. The molecule has 1 aromatic rings. The van der Waals surface area contributed by atoms with Crippen LogP contribution < -0.4 is 4.90 Å². The average molecular weight is 191 g/mol. The molecule has 0 unspecified atom stereocenters. The minimum Gasteiger partial charge on any atom is -0.377 e. The number of aryl methyl sites for hydroxylation is 1. The minimum atomic E-state index is 0.611. The van der Waals surface area contributed by atoms with E-state index in [0.29, 0.717) is 5.92 Å². The van der Waals surface area contributed by atoms with Crippen LogP contribution in [0.5, 0.6) is 0 Å². The summed E-state index contributed by atoms with van der Waals surface area (Å²) < 4.78 is 0. The first kappa shape index (κ1) is 11.1. The van der Waals surface area contributed by atoms with Gasteiger partial charge in [0.2, 0.25) is 0 Å². The Hall–Kier alpha value is -0.980. The highest BCUT2D eigenvalue weighted by Gasteiger charge is 2.06. The van der Waals surface area contributed by atoms with E-state index >= 15 is 0 Å². The molecule has 1 nitrogen and oxygen atoms in total. The third kappa shape index (κ3) is 2.28. The molecule has 0 atom stereocenters. The van der Waals surface area contributed by atoms with E-state index in [1.807, 2.05) is 0 Å². The predicted molar refractivity (Wildman–Crippen MR) is 64.2 cm³/mol. The van der Waals surface area contributed by atoms with Crippen molar-refractivity contribution in [1.82, 2.24) is 0 Å². The Morgan fingerprint density at radius 3 is 2.29 bits per heavy atom. The molecular formula is C13H21N. The van der Waals surface area contributed by atoms with Crippen LogP contribution in [0.2, 0.25) is 0 Å². The molecule has 0 spiro atoms. The van der Waals surface area contributed by atoms with E-state index in [1.165, 1.54) is 16.8 Å². The second-order valence-corrected chi connectivity index (χ2v) is 4.29. The van der Waals surface area contributed by atoms with Crippen molar-refractivity contribution in [3.63, 3.8) is 0 Å². The molecule has 1 aromatic carbocycles. The molecule has 0 fully saturated rings. The molecule has 1 heteroatoms. The van der Waals surface area contributed by atoms with E-state index in [-0.39, 0.29) is 0 Å². The third-order valence-corrected chi connectivity index (χ3v) is 2.64. The van der Waals surface area contributed by atoms with Crippen LogP contribution in [-0.4, -0.2) is 14.1 Å². The maximum Gasteiger partial charge on any atom is 0.0396 e. The fourth-order valence-electron chi connectivity index (χ4n) is 1.66. The van der Waals surface area contributed by atoms with Gasteiger partial charge < -0.3 is 4.90 Å². The molecule has 0 radical (unpaired) electrons. The second-order valence-electron chi connectivity index (χ2n) is 4.29. The number of hydrogen-bond donors (Lipinski definition) is 0. The molecule has 0 aromatic heterocycles. The summed E-state index contributed by atoms with van der Waals surface area (Å²) in [7, 11) is 4.22. The lowest BCUT2D eigenvalue weighted by atomic mass is 9.99. The third-order valence-electron chi connectivity index (χ3n) is 2.64. The van der Waals surface area contributed by atoms with Crippen LogP contribution in [0, 0.1) is 0 Å². The standard InChI is InChI=1S/C13H21N/c1-6-11-7-8-12(10(2)3)9-13(11)14(4)5/h7-10H,6H2,1-5H3. The van der Waals surface area contributed by atoms with Crippen LogP contribution in [0.4, 0.5) is 5.69 Å². The van der Waals surface area contributed by atoms with Crippen molar-refractivity contribution in [2.45, 2.75) is 33.1 Å². The van der Waals surface area contributed by atoms with Gasteiger partial charge in [-0.25, -0.2) is 0 Å². The second kappa shape index (κ2) is 4.50. The van der Waals surface area contributed by atoms with Gasteiger partial charge in [0, 0.05) is 19.8 Å². The van der Waals surface area contributed by atoms with E-state index < -0.39 is 0 Å². The molecular weight excluding hydrogens is 170 g/mol. The number of rotatable bonds is 3. The zero-order chi connectivity index (χ0) is 10.7. The van der Waals surface area contributed by atoms with Gasteiger partial charge in [-0.1, -0.05) is 32.9 Å². The molecule has 0 aliphatic rings. The summed E-state index contributed by atoms with van der Waals surface area (Å²) in [5.74, 6) is 0.611. The van der Waals surface area contributed by atoms with Crippen molar-refractivity contribution < 1.29 is 0 Å². The molecule has 0 heterocycles. The summed E-state index contributed by atoms with van der Waals surface area (Å²) in [5, 5.41) is 0. The van der Waals surface area contributed by atoms with Crippen molar-refractivity contribution in [2.24, 2.45) is 0 Å². The topological polar surface area (TPSA) is 3.24 Å². The first-order chi connectivity index (χ1) is 6.56. The van der Waals surface area contributed by atoms with Gasteiger partial charge in [-0.15, -0.1) is 0 Å². The molecule has 0 saturated carbocycles.